The molecule has 1 saturated heterocycles. The van der Waals surface area contributed by atoms with Crippen LogP contribution in [0.15, 0.2) is 11.3 Å². The first-order valence-electron chi connectivity index (χ1n) is 8.10. The van der Waals surface area contributed by atoms with Crippen molar-refractivity contribution in [2.24, 2.45) is 5.41 Å². The quantitative estimate of drug-likeness (QED) is 0.769. The molecule has 3 nitrogen and oxygen atoms in total. The molecular weight excluding hydrogens is 248 g/mol. The van der Waals surface area contributed by atoms with Crippen LogP contribution in [0, 0.1) is 5.41 Å². The van der Waals surface area contributed by atoms with E-state index in [-0.39, 0.29) is 5.41 Å². The van der Waals surface area contributed by atoms with Crippen LogP contribution in [0.5, 0.6) is 0 Å². The zero-order valence-electron chi connectivity index (χ0n) is 14.6. The van der Waals surface area contributed by atoms with Crippen molar-refractivity contribution in [3.63, 3.8) is 0 Å². The molecule has 1 heterocycles. The molecule has 1 aliphatic heterocycles. The van der Waals surface area contributed by atoms with Gasteiger partial charge in [-0.3, -0.25) is 4.90 Å². The Kier molecular flexibility index (Phi) is 6.53. The standard InChI is InChI=1S/C17H34N2O/c1-8-18(9-2)16(14(3)17(5,6)7)15(4)19-10-12-20-13-11-19/h15H,8-13H2,1-7H3/b16-14-. The van der Waals surface area contributed by atoms with Crippen molar-refractivity contribution >= 4 is 0 Å². The second kappa shape index (κ2) is 7.46. The normalized spacial score (nSPS) is 20.6. The van der Waals surface area contributed by atoms with Crippen LogP contribution < -0.4 is 0 Å². The largest absolute Gasteiger partial charge is 0.379 e. The van der Waals surface area contributed by atoms with Gasteiger partial charge in [-0.05, 0) is 38.7 Å². The number of hydrogen-bond acceptors (Lipinski definition) is 3. The molecule has 1 fully saturated rings. The molecule has 0 aromatic heterocycles. The molecule has 0 saturated carbocycles. The lowest BCUT2D eigenvalue weighted by Gasteiger charge is -2.41. The number of ether oxygens (including phenoxy) is 1. The maximum Gasteiger partial charge on any atom is 0.0594 e. The summed E-state index contributed by atoms with van der Waals surface area (Å²) in [6.45, 7) is 22.1. The highest BCUT2D eigenvalue weighted by molar-refractivity contribution is 5.22. The Hall–Kier alpha value is -0.540. The van der Waals surface area contributed by atoms with E-state index in [4.69, 9.17) is 4.74 Å². The fraction of sp³-hybridized carbons (Fsp3) is 0.882. The summed E-state index contributed by atoms with van der Waals surface area (Å²) < 4.78 is 5.50. The van der Waals surface area contributed by atoms with Crippen LogP contribution in [0.3, 0.4) is 0 Å². The van der Waals surface area contributed by atoms with E-state index < -0.39 is 0 Å². The van der Waals surface area contributed by atoms with Crippen molar-refractivity contribution in [3.8, 4) is 0 Å². The molecule has 1 atom stereocenters. The van der Waals surface area contributed by atoms with Gasteiger partial charge >= 0.3 is 0 Å². The van der Waals surface area contributed by atoms with Crippen molar-refractivity contribution in [2.75, 3.05) is 39.4 Å². The van der Waals surface area contributed by atoms with E-state index in [1.54, 1.807) is 0 Å². The van der Waals surface area contributed by atoms with E-state index in [9.17, 15) is 0 Å². The Labute approximate surface area is 126 Å². The lowest BCUT2D eigenvalue weighted by Crippen LogP contribution is -2.47. The molecule has 0 spiro atoms. The molecule has 1 unspecified atom stereocenters. The van der Waals surface area contributed by atoms with E-state index in [0.29, 0.717) is 6.04 Å². The summed E-state index contributed by atoms with van der Waals surface area (Å²) in [7, 11) is 0. The lowest BCUT2D eigenvalue weighted by molar-refractivity contribution is 0.0214. The van der Waals surface area contributed by atoms with Gasteiger partial charge in [-0.1, -0.05) is 20.8 Å². The Morgan fingerprint density at radius 2 is 1.65 bits per heavy atom. The van der Waals surface area contributed by atoms with Crippen LogP contribution in [-0.2, 0) is 4.74 Å². The van der Waals surface area contributed by atoms with Gasteiger partial charge in [0, 0.05) is 37.9 Å². The van der Waals surface area contributed by atoms with Gasteiger partial charge in [0.05, 0.1) is 13.2 Å². The van der Waals surface area contributed by atoms with Gasteiger partial charge in [-0.25, -0.2) is 0 Å². The Morgan fingerprint density at radius 3 is 2.05 bits per heavy atom. The molecule has 0 aliphatic carbocycles. The van der Waals surface area contributed by atoms with Gasteiger partial charge < -0.3 is 9.64 Å². The number of rotatable bonds is 5. The molecule has 0 aromatic rings. The SMILES string of the molecule is CCN(CC)/C(=C(/C)C(C)(C)C)C(C)N1CCOCC1. The van der Waals surface area contributed by atoms with Crippen LogP contribution in [0.4, 0.5) is 0 Å². The number of nitrogens with zero attached hydrogens (tertiary/aromatic N) is 2. The maximum atomic E-state index is 5.50. The summed E-state index contributed by atoms with van der Waals surface area (Å²) in [5.74, 6) is 0. The van der Waals surface area contributed by atoms with Gasteiger partial charge in [0.25, 0.3) is 0 Å². The molecule has 0 bridgehead atoms. The Bertz CT molecular complexity index is 320. The van der Waals surface area contributed by atoms with Gasteiger partial charge in [0.2, 0.25) is 0 Å². The highest BCUT2D eigenvalue weighted by Gasteiger charge is 2.28. The molecule has 0 aromatic carbocycles. The van der Waals surface area contributed by atoms with E-state index in [1.165, 1.54) is 11.3 Å². The number of morpholine rings is 1. The Balaban J connectivity index is 3.09. The van der Waals surface area contributed by atoms with Crippen LogP contribution >= 0.6 is 0 Å². The summed E-state index contributed by atoms with van der Waals surface area (Å²) in [5, 5.41) is 0. The molecule has 0 N–H and O–H groups in total. The fourth-order valence-corrected chi connectivity index (χ4v) is 2.90. The predicted molar refractivity (Wildman–Crippen MR) is 86.9 cm³/mol. The minimum Gasteiger partial charge on any atom is -0.379 e. The van der Waals surface area contributed by atoms with Crippen molar-refractivity contribution in [2.45, 2.75) is 54.5 Å². The van der Waals surface area contributed by atoms with Crippen LogP contribution in [-0.4, -0.2) is 55.2 Å². The second-order valence-corrected chi connectivity index (χ2v) is 6.76. The first-order valence-corrected chi connectivity index (χ1v) is 8.10. The third-order valence-corrected chi connectivity index (χ3v) is 4.60. The summed E-state index contributed by atoms with van der Waals surface area (Å²) in [6.07, 6.45) is 0. The summed E-state index contributed by atoms with van der Waals surface area (Å²) >= 11 is 0. The second-order valence-electron chi connectivity index (χ2n) is 6.76. The fourth-order valence-electron chi connectivity index (χ4n) is 2.90. The molecular formula is C17H34N2O. The van der Waals surface area contributed by atoms with E-state index in [1.807, 2.05) is 0 Å². The molecule has 3 heteroatoms. The topological polar surface area (TPSA) is 15.7 Å². The minimum atomic E-state index is 0.221. The van der Waals surface area contributed by atoms with Crippen molar-refractivity contribution in [1.82, 2.24) is 9.80 Å². The first-order chi connectivity index (χ1) is 9.32. The van der Waals surface area contributed by atoms with Crippen molar-refractivity contribution in [3.05, 3.63) is 11.3 Å². The minimum absolute atomic E-state index is 0.221. The zero-order chi connectivity index (χ0) is 15.3. The molecule has 20 heavy (non-hydrogen) atoms. The van der Waals surface area contributed by atoms with Crippen LogP contribution in [0.1, 0.15) is 48.5 Å². The average Bonchev–Trinajstić information content (AvgIpc) is 2.43. The number of allylic oxidation sites excluding steroid dienone is 1. The van der Waals surface area contributed by atoms with Gasteiger partial charge in [-0.15, -0.1) is 0 Å². The van der Waals surface area contributed by atoms with Crippen molar-refractivity contribution < 1.29 is 4.74 Å². The molecule has 1 aliphatic rings. The smallest absolute Gasteiger partial charge is 0.0594 e. The highest BCUT2D eigenvalue weighted by Crippen LogP contribution is 2.32. The summed E-state index contributed by atoms with van der Waals surface area (Å²) in [4.78, 5) is 5.09. The van der Waals surface area contributed by atoms with Crippen LogP contribution in [0.25, 0.3) is 0 Å². The molecule has 118 valence electrons. The van der Waals surface area contributed by atoms with E-state index >= 15 is 0 Å². The molecule has 0 amide bonds. The summed E-state index contributed by atoms with van der Waals surface area (Å²) in [5.41, 5.74) is 3.25. The number of hydrogen-bond donors (Lipinski definition) is 0. The van der Waals surface area contributed by atoms with Gasteiger partial charge in [0.1, 0.15) is 0 Å². The summed E-state index contributed by atoms with van der Waals surface area (Å²) in [6, 6.07) is 0.470. The maximum absolute atomic E-state index is 5.50. The molecule has 1 rings (SSSR count). The van der Waals surface area contributed by atoms with Crippen LogP contribution in [0.2, 0.25) is 0 Å². The third kappa shape index (κ3) is 4.23. The average molecular weight is 282 g/mol. The zero-order valence-corrected chi connectivity index (χ0v) is 14.6. The van der Waals surface area contributed by atoms with E-state index in [0.717, 1.165) is 39.4 Å². The molecule has 0 radical (unpaired) electrons. The van der Waals surface area contributed by atoms with E-state index in [2.05, 4.69) is 58.3 Å². The Morgan fingerprint density at radius 1 is 1.15 bits per heavy atom. The highest BCUT2D eigenvalue weighted by atomic mass is 16.5. The van der Waals surface area contributed by atoms with Crippen molar-refractivity contribution in [1.29, 1.82) is 0 Å². The monoisotopic (exact) mass is 282 g/mol. The van der Waals surface area contributed by atoms with Gasteiger partial charge in [-0.2, -0.15) is 0 Å². The first kappa shape index (κ1) is 17.5. The lowest BCUT2D eigenvalue weighted by atomic mass is 9.84. The number of likely N-dealkylation sites (N-methyl/N-ethyl adjacent to an activating group) is 1. The van der Waals surface area contributed by atoms with Gasteiger partial charge in [0.15, 0.2) is 0 Å². The predicted octanol–water partition coefficient (Wildman–Crippen LogP) is 3.37. The third-order valence-electron chi connectivity index (χ3n) is 4.60.